The van der Waals surface area contributed by atoms with Gasteiger partial charge in [-0.3, -0.25) is 0 Å². The molecule has 0 aliphatic rings. The number of rotatable bonds is 4. The van der Waals surface area contributed by atoms with E-state index >= 15 is 0 Å². The number of carbonyl (C=O) groups excluding carboxylic acids is 1. The lowest BCUT2D eigenvalue weighted by atomic mass is 10.0. The molecule has 4 nitrogen and oxygen atoms in total. The monoisotopic (exact) mass is 336 g/mol. The van der Waals surface area contributed by atoms with Crippen LogP contribution in [-0.4, -0.2) is 13.1 Å². The summed E-state index contributed by atoms with van der Waals surface area (Å²) in [5, 5.41) is 5.31. The van der Waals surface area contributed by atoms with E-state index in [1.807, 2.05) is 38.1 Å². The first-order chi connectivity index (χ1) is 10.9. The molecule has 0 spiro atoms. The molecule has 2 rings (SSSR count). The van der Waals surface area contributed by atoms with Crippen molar-refractivity contribution in [1.82, 2.24) is 0 Å². The van der Waals surface area contributed by atoms with E-state index in [1.54, 1.807) is 0 Å². The minimum atomic E-state index is -0.611. The molecule has 2 aromatic rings. The van der Waals surface area contributed by atoms with Crippen LogP contribution in [0.1, 0.15) is 25.3 Å². The fourth-order valence-electron chi connectivity index (χ4n) is 2.19. The molecule has 0 radical (unpaired) electrons. The van der Waals surface area contributed by atoms with Gasteiger partial charge in [0.1, 0.15) is 11.6 Å². The van der Waals surface area contributed by atoms with Crippen LogP contribution in [0.4, 0.5) is 20.6 Å². The molecule has 0 aliphatic carbocycles. The van der Waals surface area contributed by atoms with Crippen LogP contribution in [0.2, 0.25) is 5.02 Å². The number of urea groups is 1. The van der Waals surface area contributed by atoms with Gasteiger partial charge in [-0.1, -0.05) is 43.6 Å². The summed E-state index contributed by atoms with van der Waals surface area (Å²) >= 11 is 5.75. The van der Waals surface area contributed by atoms with Crippen molar-refractivity contribution >= 4 is 29.0 Å². The molecule has 0 unspecified atom stereocenters. The van der Waals surface area contributed by atoms with E-state index in [0.717, 1.165) is 11.6 Å². The van der Waals surface area contributed by atoms with Crippen molar-refractivity contribution in [3.05, 3.63) is 52.8 Å². The highest BCUT2D eigenvalue weighted by Crippen LogP contribution is 2.31. The molecule has 0 aliphatic heterocycles. The third-order valence-electron chi connectivity index (χ3n) is 3.32. The molecule has 2 N–H and O–H groups in total. The quantitative estimate of drug-likeness (QED) is 0.800. The summed E-state index contributed by atoms with van der Waals surface area (Å²) in [6, 6.07) is 9.51. The third-order valence-corrected chi connectivity index (χ3v) is 3.61. The number of anilines is 2. The number of methoxy groups -OCH3 is 1. The van der Waals surface area contributed by atoms with Crippen molar-refractivity contribution in [2.45, 2.75) is 19.8 Å². The second kappa shape index (κ2) is 7.33. The highest BCUT2D eigenvalue weighted by molar-refractivity contribution is 6.31. The summed E-state index contributed by atoms with van der Waals surface area (Å²) in [4.78, 5) is 12.2. The fourth-order valence-corrected chi connectivity index (χ4v) is 2.35. The average Bonchev–Trinajstić information content (AvgIpc) is 2.50. The second-order valence-corrected chi connectivity index (χ2v) is 5.69. The largest absolute Gasteiger partial charge is 0.494 e. The molecule has 23 heavy (non-hydrogen) atoms. The van der Waals surface area contributed by atoms with E-state index in [0.29, 0.717) is 11.4 Å². The predicted octanol–water partition coefficient (Wildman–Crippen LogP) is 5.26. The van der Waals surface area contributed by atoms with E-state index in [-0.39, 0.29) is 16.7 Å². The normalized spacial score (nSPS) is 10.5. The maximum atomic E-state index is 13.4. The summed E-state index contributed by atoms with van der Waals surface area (Å²) in [6.07, 6.45) is 0. The van der Waals surface area contributed by atoms with Crippen molar-refractivity contribution in [1.29, 1.82) is 0 Å². The molecule has 0 saturated carbocycles. The summed E-state index contributed by atoms with van der Waals surface area (Å²) < 4.78 is 18.5. The number of para-hydroxylation sites is 1. The van der Waals surface area contributed by atoms with Crippen molar-refractivity contribution in [3.63, 3.8) is 0 Å². The molecule has 6 heteroatoms. The van der Waals surface area contributed by atoms with E-state index in [1.165, 1.54) is 13.2 Å². The number of benzene rings is 2. The van der Waals surface area contributed by atoms with Crippen LogP contribution in [0.5, 0.6) is 5.75 Å². The van der Waals surface area contributed by atoms with Gasteiger partial charge in [0, 0.05) is 11.8 Å². The maximum Gasteiger partial charge on any atom is 0.323 e. The van der Waals surface area contributed by atoms with E-state index < -0.39 is 11.8 Å². The average molecular weight is 337 g/mol. The Balaban J connectivity index is 2.19. The van der Waals surface area contributed by atoms with Crippen molar-refractivity contribution in [2.24, 2.45) is 0 Å². The van der Waals surface area contributed by atoms with Gasteiger partial charge >= 0.3 is 6.03 Å². The van der Waals surface area contributed by atoms with Crippen molar-refractivity contribution in [2.75, 3.05) is 17.7 Å². The van der Waals surface area contributed by atoms with Crippen LogP contribution < -0.4 is 15.4 Å². The van der Waals surface area contributed by atoms with Gasteiger partial charge in [0.25, 0.3) is 0 Å². The van der Waals surface area contributed by atoms with Gasteiger partial charge in [-0.2, -0.15) is 0 Å². The van der Waals surface area contributed by atoms with Gasteiger partial charge in [-0.05, 0) is 23.6 Å². The Morgan fingerprint density at radius 2 is 1.83 bits per heavy atom. The van der Waals surface area contributed by atoms with E-state index in [2.05, 4.69) is 10.6 Å². The number of amides is 2. The Kier molecular flexibility index (Phi) is 5.45. The highest BCUT2D eigenvalue weighted by atomic mass is 35.5. The molecule has 0 heterocycles. The van der Waals surface area contributed by atoms with Crippen molar-refractivity contribution < 1.29 is 13.9 Å². The zero-order valence-electron chi connectivity index (χ0n) is 13.1. The first-order valence-corrected chi connectivity index (χ1v) is 7.50. The molecule has 122 valence electrons. The Bertz CT molecular complexity index is 720. The number of ether oxygens (including phenoxy) is 1. The molecular formula is C17H18ClFN2O2. The SMILES string of the molecule is COc1cc(F)c(Cl)cc1NC(=O)Nc1ccccc1C(C)C. The molecule has 0 fully saturated rings. The van der Waals surface area contributed by atoms with Gasteiger partial charge < -0.3 is 15.4 Å². The molecule has 2 amide bonds. The lowest BCUT2D eigenvalue weighted by molar-refractivity contribution is 0.262. The van der Waals surface area contributed by atoms with Crippen LogP contribution in [-0.2, 0) is 0 Å². The number of carbonyl (C=O) groups is 1. The number of halogens is 2. The highest BCUT2D eigenvalue weighted by Gasteiger charge is 2.13. The smallest absolute Gasteiger partial charge is 0.323 e. The van der Waals surface area contributed by atoms with Crippen LogP contribution in [0.15, 0.2) is 36.4 Å². The van der Waals surface area contributed by atoms with Crippen LogP contribution >= 0.6 is 11.6 Å². The first-order valence-electron chi connectivity index (χ1n) is 7.12. The van der Waals surface area contributed by atoms with E-state index in [4.69, 9.17) is 16.3 Å². The lowest BCUT2D eigenvalue weighted by Crippen LogP contribution is -2.21. The maximum absolute atomic E-state index is 13.4. The van der Waals surface area contributed by atoms with Gasteiger partial charge in [-0.25, -0.2) is 9.18 Å². The summed E-state index contributed by atoms with van der Waals surface area (Å²) in [7, 11) is 1.39. The molecule has 2 aromatic carbocycles. The summed E-state index contributed by atoms with van der Waals surface area (Å²) in [6.45, 7) is 4.09. The van der Waals surface area contributed by atoms with Crippen LogP contribution in [0.25, 0.3) is 0 Å². The lowest BCUT2D eigenvalue weighted by Gasteiger charge is -2.15. The molecule has 0 aromatic heterocycles. The molecule has 0 atom stereocenters. The Morgan fingerprint density at radius 1 is 1.17 bits per heavy atom. The standard InChI is InChI=1S/C17H18ClFN2O2/c1-10(2)11-6-4-5-7-14(11)20-17(22)21-15-8-12(18)13(19)9-16(15)23-3/h4-10H,1-3H3,(H2,20,21,22). The minimum Gasteiger partial charge on any atom is -0.494 e. The number of hydrogen-bond donors (Lipinski definition) is 2. The molecular weight excluding hydrogens is 319 g/mol. The summed E-state index contributed by atoms with van der Waals surface area (Å²) in [5.74, 6) is -0.153. The van der Waals surface area contributed by atoms with Gasteiger partial charge in [0.2, 0.25) is 0 Å². The van der Waals surface area contributed by atoms with Gasteiger partial charge in [-0.15, -0.1) is 0 Å². The fraction of sp³-hybridized carbons (Fsp3) is 0.235. The van der Waals surface area contributed by atoms with Gasteiger partial charge in [0.05, 0.1) is 17.8 Å². The third kappa shape index (κ3) is 4.13. The number of hydrogen-bond acceptors (Lipinski definition) is 2. The van der Waals surface area contributed by atoms with Crippen molar-refractivity contribution in [3.8, 4) is 5.75 Å². The first kappa shape index (κ1) is 17.1. The zero-order chi connectivity index (χ0) is 17.0. The Hall–Kier alpha value is -2.27. The predicted molar refractivity (Wildman–Crippen MR) is 91.1 cm³/mol. The van der Waals surface area contributed by atoms with Crippen LogP contribution in [0.3, 0.4) is 0 Å². The zero-order valence-corrected chi connectivity index (χ0v) is 13.9. The summed E-state index contributed by atoms with van der Waals surface area (Å²) in [5.41, 5.74) is 2.03. The number of nitrogens with one attached hydrogen (secondary N) is 2. The topological polar surface area (TPSA) is 50.4 Å². The Labute approximate surface area is 139 Å². The second-order valence-electron chi connectivity index (χ2n) is 5.29. The van der Waals surface area contributed by atoms with Gasteiger partial charge in [0.15, 0.2) is 0 Å². The van der Waals surface area contributed by atoms with E-state index in [9.17, 15) is 9.18 Å². The molecule has 0 bridgehead atoms. The van der Waals surface area contributed by atoms with Crippen LogP contribution in [0, 0.1) is 5.82 Å². The minimum absolute atomic E-state index is 0.0938. The molecule has 0 saturated heterocycles. The Morgan fingerprint density at radius 3 is 2.48 bits per heavy atom.